The molecule has 0 amide bonds. The molecule has 0 atom stereocenters. The molecule has 4 aromatic rings. The van der Waals surface area contributed by atoms with Crippen molar-refractivity contribution >= 4 is 21.8 Å². The Labute approximate surface area is 170 Å². The largest absolute Gasteiger partial charge is 0.340 e. The number of para-hydroxylation sites is 2. The third-order valence-corrected chi connectivity index (χ3v) is 5.21. The number of rotatable bonds is 6. The topological polar surface area (TPSA) is 4.93 Å². The average Bonchev–Trinajstić information content (AvgIpc) is 3.06. The molecule has 1 heterocycles. The summed E-state index contributed by atoms with van der Waals surface area (Å²) in [6.45, 7) is 7.54. The Morgan fingerprint density at radius 3 is 1.64 bits per heavy atom. The van der Waals surface area contributed by atoms with Gasteiger partial charge in [-0.15, -0.1) is 0 Å². The highest BCUT2D eigenvalue weighted by Gasteiger charge is 2.08. The van der Waals surface area contributed by atoms with Crippen LogP contribution in [0.3, 0.4) is 0 Å². The second-order valence-electron chi connectivity index (χ2n) is 7.52. The maximum absolute atomic E-state index is 2.49. The van der Waals surface area contributed by atoms with Crippen molar-refractivity contribution in [2.45, 2.75) is 59.4 Å². The summed E-state index contributed by atoms with van der Waals surface area (Å²) in [5.74, 6) is 0. The van der Waals surface area contributed by atoms with Crippen molar-refractivity contribution in [3.63, 3.8) is 0 Å². The monoisotopic (exact) mass is 371 g/mol. The zero-order valence-electron chi connectivity index (χ0n) is 17.6. The van der Waals surface area contributed by atoms with E-state index in [2.05, 4.69) is 98.1 Å². The van der Waals surface area contributed by atoms with Gasteiger partial charge in [0.2, 0.25) is 0 Å². The number of hydrogen-bond acceptors (Lipinski definition) is 0. The number of benzene rings is 3. The van der Waals surface area contributed by atoms with Gasteiger partial charge in [-0.1, -0.05) is 87.9 Å². The van der Waals surface area contributed by atoms with Crippen LogP contribution in [0.2, 0.25) is 0 Å². The van der Waals surface area contributed by atoms with E-state index >= 15 is 0 Å². The predicted octanol–water partition coefficient (Wildman–Crippen LogP) is 7.80. The third kappa shape index (κ3) is 4.65. The molecule has 28 heavy (non-hydrogen) atoms. The Kier molecular flexibility index (Phi) is 7.31. The van der Waals surface area contributed by atoms with Crippen LogP contribution in [0, 0.1) is 0 Å². The Bertz CT molecular complexity index is 939. The van der Waals surface area contributed by atoms with Gasteiger partial charge in [-0.2, -0.15) is 0 Å². The summed E-state index contributed by atoms with van der Waals surface area (Å²) in [6.07, 6.45) is 5.97. The molecule has 1 nitrogen and oxygen atoms in total. The van der Waals surface area contributed by atoms with Crippen LogP contribution in [0.5, 0.6) is 0 Å². The Hall–Kier alpha value is -2.54. The van der Waals surface area contributed by atoms with Crippen molar-refractivity contribution in [1.29, 1.82) is 0 Å². The number of hydrogen-bond donors (Lipinski definition) is 0. The first-order chi connectivity index (χ1) is 13.8. The highest BCUT2D eigenvalue weighted by molar-refractivity contribution is 6.07. The van der Waals surface area contributed by atoms with Crippen molar-refractivity contribution in [2.24, 2.45) is 0 Å². The lowest BCUT2D eigenvalue weighted by Crippen LogP contribution is -1.98. The number of fused-ring (bicyclic) bond motifs is 3. The van der Waals surface area contributed by atoms with E-state index in [9.17, 15) is 0 Å². The molecule has 0 fully saturated rings. The quantitative estimate of drug-likeness (QED) is 0.305. The molecule has 0 bridgehead atoms. The van der Waals surface area contributed by atoms with Gasteiger partial charge in [-0.05, 0) is 48.9 Å². The predicted molar refractivity (Wildman–Crippen MR) is 124 cm³/mol. The van der Waals surface area contributed by atoms with E-state index < -0.39 is 0 Å². The lowest BCUT2D eigenvalue weighted by atomic mass is 10.1. The average molecular weight is 372 g/mol. The third-order valence-electron chi connectivity index (χ3n) is 5.21. The summed E-state index contributed by atoms with van der Waals surface area (Å²) < 4.78 is 2.49. The minimum Gasteiger partial charge on any atom is -0.340 e. The minimum atomic E-state index is 1.08. The van der Waals surface area contributed by atoms with Gasteiger partial charge in [0.05, 0.1) is 0 Å². The van der Waals surface area contributed by atoms with Crippen LogP contribution < -0.4 is 0 Å². The molecule has 0 spiro atoms. The van der Waals surface area contributed by atoms with Gasteiger partial charge < -0.3 is 4.57 Å². The van der Waals surface area contributed by atoms with Gasteiger partial charge in [0.1, 0.15) is 0 Å². The molecule has 0 saturated carbocycles. The smallest absolute Gasteiger partial charge is 0.0491 e. The van der Waals surface area contributed by atoms with Crippen LogP contribution in [0.15, 0.2) is 72.8 Å². The molecule has 1 heteroatoms. The molecular weight excluding hydrogens is 338 g/mol. The zero-order chi connectivity index (χ0) is 19.8. The maximum atomic E-state index is 2.49. The van der Waals surface area contributed by atoms with Crippen molar-refractivity contribution in [2.75, 3.05) is 0 Å². The van der Waals surface area contributed by atoms with Crippen LogP contribution in [0.4, 0.5) is 0 Å². The molecule has 4 rings (SSSR count). The van der Waals surface area contributed by atoms with Gasteiger partial charge in [0, 0.05) is 28.4 Å². The molecule has 3 aromatic carbocycles. The van der Waals surface area contributed by atoms with Crippen molar-refractivity contribution in [3.8, 4) is 0 Å². The van der Waals surface area contributed by atoms with Crippen LogP contribution >= 0.6 is 0 Å². The van der Waals surface area contributed by atoms with E-state index in [1.54, 1.807) is 0 Å². The molecule has 0 radical (unpaired) electrons. The van der Waals surface area contributed by atoms with Gasteiger partial charge >= 0.3 is 0 Å². The first kappa shape index (κ1) is 20.2. The van der Waals surface area contributed by atoms with Crippen molar-refractivity contribution in [1.82, 2.24) is 4.57 Å². The zero-order valence-corrected chi connectivity index (χ0v) is 17.6. The number of aromatic nitrogens is 1. The first-order valence-corrected chi connectivity index (χ1v) is 10.8. The standard InChI is InChI=1S/C24H25N.C3H8/c1-2-19-14-16-20(17-15-19)9-7-8-18-25-23-12-5-3-10-21(23)22-11-4-6-13-24(22)25;1-3-2/h3-6,10-17H,2,7-9,18H2,1H3;3H2,1-2H3. The summed E-state index contributed by atoms with van der Waals surface area (Å²) in [4.78, 5) is 0. The Balaban J connectivity index is 0.000000706. The van der Waals surface area contributed by atoms with Gasteiger partial charge in [-0.3, -0.25) is 0 Å². The van der Waals surface area contributed by atoms with Crippen LogP contribution in [-0.4, -0.2) is 4.57 Å². The molecule has 1 aromatic heterocycles. The molecule has 0 aliphatic heterocycles. The van der Waals surface area contributed by atoms with E-state index in [1.165, 1.54) is 58.6 Å². The Morgan fingerprint density at radius 2 is 1.11 bits per heavy atom. The molecular formula is C27H33N. The molecule has 0 saturated heterocycles. The van der Waals surface area contributed by atoms with Gasteiger partial charge in [-0.25, -0.2) is 0 Å². The van der Waals surface area contributed by atoms with Crippen LogP contribution in [-0.2, 0) is 19.4 Å². The molecule has 146 valence electrons. The van der Waals surface area contributed by atoms with E-state index in [4.69, 9.17) is 0 Å². The molecule has 0 N–H and O–H groups in total. The highest BCUT2D eigenvalue weighted by atomic mass is 15.0. The van der Waals surface area contributed by atoms with E-state index in [0.717, 1.165) is 13.0 Å². The first-order valence-electron chi connectivity index (χ1n) is 10.8. The summed E-state index contributed by atoms with van der Waals surface area (Å²) in [5, 5.41) is 2.74. The molecule has 0 aliphatic rings. The lowest BCUT2D eigenvalue weighted by molar-refractivity contribution is 0.636. The summed E-state index contributed by atoms with van der Waals surface area (Å²) in [7, 11) is 0. The summed E-state index contributed by atoms with van der Waals surface area (Å²) in [5.41, 5.74) is 5.60. The van der Waals surface area contributed by atoms with Gasteiger partial charge in [0.15, 0.2) is 0 Å². The fourth-order valence-corrected chi connectivity index (χ4v) is 3.78. The number of aryl methyl sites for hydroxylation is 3. The van der Waals surface area contributed by atoms with E-state index in [0.29, 0.717) is 0 Å². The molecule has 0 aliphatic carbocycles. The van der Waals surface area contributed by atoms with Crippen LogP contribution in [0.1, 0.15) is 51.2 Å². The number of unbranched alkanes of at least 4 members (excludes halogenated alkanes) is 1. The van der Waals surface area contributed by atoms with Gasteiger partial charge in [0.25, 0.3) is 0 Å². The second-order valence-corrected chi connectivity index (χ2v) is 7.52. The fourth-order valence-electron chi connectivity index (χ4n) is 3.78. The van der Waals surface area contributed by atoms with E-state index in [-0.39, 0.29) is 0 Å². The van der Waals surface area contributed by atoms with Crippen molar-refractivity contribution in [3.05, 3.63) is 83.9 Å². The highest BCUT2D eigenvalue weighted by Crippen LogP contribution is 2.29. The SMILES string of the molecule is CCC.CCc1ccc(CCCCn2c3ccccc3c3ccccc32)cc1. The minimum absolute atomic E-state index is 1.08. The van der Waals surface area contributed by atoms with Crippen LogP contribution in [0.25, 0.3) is 21.8 Å². The second kappa shape index (κ2) is 10.1. The van der Waals surface area contributed by atoms with E-state index in [1.807, 2.05) is 0 Å². The Morgan fingerprint density at radius 1 is 0.607 bits per heavy atom. The summed E-state index contributed by atoms with van der Waals surface area (Å²) >= 11 is 0. The number of nitrogens with zero attached hydrogens (tertiary/aromatic N) is 1. The van der Waals surface area contributed by atoms with Crippen molar-refractivity contribution < 1.29 is 0 Å². The molecule has 0 unspecified atom stereocenters. The maximum Gasteiger partial charge on any atom is 0.0491 e. The fraction of sp³-hybridized carbons (Fsp3) is 0.333. The summed E-state index contributed by atoms with van der Waals surface area (Å²) in [6, 6.07) is 26.7. The lowest BCUT2D eigenvalue weighted by Gasteiger charge is -2.08. The normalized spacial score (nSPS) is 10.8.